The number of allylic oxidation sites excluding steroid dienone is 6. The second-order valence-electron chi connectivity index (χ2n) is 15.2. The number of carboxylic acids is 1. The molecule has 0 heterocycles. The maximum Gasteiger partial charge on any atom is 0.306 e. The van der Waals surface area contributed by atoms with Gasteiger partial charge in [-0.15, -0.1) is 0 Å². The smallest absolute Gasteiger partial charge is 0.306 e. The van der Waals surface area contributed by atoms with Crippen molar-refractivity contribution in [1.82, 2.24) is 0 Å². The Bertz CT molecular complexity index is 953. The van der Waals surface area contributed by atoms with E-state index in [0.717, 1.165) is 44.9 Å². The lowest BCUT2D eigenvalue weighted by Crippen LogP contribution is -2.55. The lowest BCUT2D eigenvalue weighted by Gasteiger charge is -2.34. The van der Waals surface area contributed by atoms with Gasteiger partial charge >= 0.3 is 11.9 Å². The van der Waals surface area contributed by atoms with E-state index in [0.29, 0.717) is 12.8 Å². The number of carbonyl (C=O) groups is 3. The minimum Gasteiger partial charge on any atom is -0.544 e. The highest BCUT2D eigenvalue weighted by Crippen LogP contribution is 2.15. The molecule has 52 heavy (non-hydrogen) atoms. The van der Waals surface area contributed by atoms with E-state index in [2.05, 4.69) is 50.3 Å². The Labute approximate surface area is 319 Å². The van der Waals surface area contributed by atoms with Gasteiger partial charge in [-0.3, -0.25) is 9.59 Å². The van der Waals surface area contributed by atoms with E-state index in [1.54, 1.807) is 21.1 Å². The SMILES string of the molecule is CC/C=C/C/C=C/C/C=C/CCCC(=O)OCC(COCCC(C(=O)[O-])[N+](C)(C)C)OC(=O)CCCCCCCCCCCCCCCCCCC. The van der Waals surface area contributed by atoms with Crippen LogP contribution in [0.3, 0.4) is 0 Å². The monoisotopic (exact) mass is 734 g/mol. The third kappa shape index (κ3) is 33.4. The van der Waals surface area contributed by atoms with Crippen molar-refractivity contribution in [3.05, 3.63) is 36.5 Å². The molecular formula is C44H79NO7. The zero-order chi connectivity index (χ0) is 38.5. The Morgan fingerprint density at radius 2 is 1.08 bits per heavy atom. The van der Waals surface area contributed by atoms with E-state index >= 15 is 0 Å². The van der Waals surface area contributed by atoms with Crippen LogP contribution in [0.1, 0.15) is 174 Å². The Kier molecular flexibility index (Phi) is 33.9. The Balaban J connectivity index is 4.37. The average molecular weight is 734 g/mol. The zero-order valence-corrected chi connectivity index (χ0v) is 34.2. The number of aliphatic carboxylic acids is 1. The van der Waals surface area contributed by atoms with Crippen LogP contribution in [-0.2, 0) is 28.6 Å². The van der Waals surface area contributed by atoms with Gasteiger partial charge in [0.05, 0.1) is 40.3 Å². The van der Waals surface area contributed by atoms with Gasteiger partial charge in [0.2, 0.25) is 0 Å². The van der Waals surface area contributed by atoms with Crippen molar-refractivity contribution in [2.45, 2.75) is 187 Å². The Morgan fingerprint density at radius 3 is 1.58 bits per heavy atom. The van der Waals surface area contributed by atoms with E-state index in [1.807, 2.05) is 0 Å². The highest BCUT2D eigenvalue weighted by Gasteiger charge is 2.25. The molecule has 0 aliphatic rings. The van der Waals surface area contributed by atoms with Gasteiger partial charge in [0.25, 0.3) is 0 Å². The predicted molar refractivity (Wildman–Crippen MR) is 213 cm³/mol. The molecule has 0 spiro atoms. The summed E-state index contributed by atoms with van der Waals surface area (Å²) >= 11 is 0. The molecule has 0 aromatic carbocycles. The zero-order valence-electron chi connectivity index (χ0n) is 34.2. The molecule has 0 saturated carbocycles. The van der Waals surface area contributed by atoms with Crippen molar-refractivity contribution in [1.29, 1.82) is 0 Å². The number of quaternary nitrogens is 1. The van der Waals surface area contributed by atoms with Crippen LogP contribution in [0.15, 0.2) is 36.5 Å². The number of carboxylic acid groups (broad SMARTS) is 1. The summed E-state index contributed by atoms with van der Waals surface area (Å²) in [5.74, 6) is -1.80. The van der Waals surface area contributed by atoms with Crippen molar-refractivity contribution in [2.75, 3.05) is 41.0 Å². The van der Waals surface area contributed by atoms with Crippen molar-refractivity contribution in [2.24, 2.45) is 0 Å². The molecule has 0 bridgehead atoms. The molecule has 0 aromatic heterocycles. The molecule has 8 nitrogen and oxygen atoms in total. The van der Waals surface area contributed by atoms with Crippen molar-refractivity contribution < 1.29 is 38.2 Å². The van der Waals surface area contributed by atoms with Crippen LogP contribution in [0.25, 0.3) is 0 Å². The number of nitrogens with zero attached hydrogens (tertiary/aromatic N) is 1. The molecule has 0 radical (unpaired) electrons. The molecule has 302 valence electrons. The fourth-order valence-electron chi connectivity index (χ4n) is 6.04. The summed E-state index contributed by atoms with van der Waals surface area (Å²) < 4.78 is 17.1. The predicted octanol–water partition coefficient (Wildman–Crippen LogP) is 9.74. The maximum atomic E-state index is 12.7. The number of hydrogen-bond acceptors (Lipinski definition) is 7. The van der Waals surface area contributed by atoms with E-state index in [-0.39, 0.29) is 49.1 Å². The van der Waals surface area contributed by atoms with Crippen LogP contribution in [0.5, 0.6) is 0 Å². The van der Waals surface area contributed by atoms with Crippen molar-refractivity contribution >= 4 is 17.9 Å². The van der Waals surface area contributed by atoms with Crippen LogP contribution in [0.2, 0.25) is 0 Å². The summed E-state index contributed by atoms with van der Waals surface area (Å²) in [6.07, 6.45) is 39.0. The Morgan fingerprint density at radius 1 is 0.596 bits per heavy atom. The van der Waals surface area contributed by atoms with Gasteiger partial charge in [0.15, 0.2) is 6.10 Å². The highest BCUT2D eigenvalue weighted by atomic mass is 16.6. The number of carbonyl (C=O) groups excluding carboxylic acids is 3. The molecule has 0 N–H and O–H groups in total. The van der Waals surface area contributed by atoms with E-state index in [9.17, 15) is 19.5 Å². The summed E-state index contributed by atoms with van der Waals surface area (Å²) in [6.45, 7) is 4.49. The molecule has 2 atom stereocenters. The summed E-state index contributed by atoms with van der Waals surface area (Å²) in [7, 11) is 5.39. The van der Waals surface area contributed by atoms with Crippen LogP contribution >= 0.6 is 0 Å². The summed E-state index contributed by atoms with van der Waals surface area (Å²) in [4.78, 5) is 36.7. The summed E-state index contributed by atoms with van der Waals surface area (Å²) in [6, 6.07) is -0.730. The quantitative estimate of drug-likeness (QED) is 0.0271. The van der Waals surface area contributed by atoms with Gasteiger partial charge < -0.3 is 28.6 Å². The number of rotatable bonds is 37. The molecule has 0 saturated heterocycles. The van der Waals surface area contributed by atoms with Gasteiger partial charge in [0, 0.05) is 19.3 Å². The molecule has 0 aromatic rings. The van der Waals surface area contributed by atoms with Crippen LogP contribution < -0.4 is 5.11 Å². The first-order valence-electron chi connectivity index (χ1n) is 21.0. The van der Waals surface area contributed by atoms with Gasteiger partial charge in [-0.1, -0.05) is 153 Å². The second kappa shape index (κ2) is 35.6. The molecular weight excluding hydrogens is 654 g/mol. The van der Waals surface area contributed by atoms with Crippen molar-refractivity contribution in [3.63, 3.8) is 0 Å². The molecule has 0 aliphatic carbocycles. The topological polar surface area (TPSA) is 102 Å². The molecule has 0 fully saturated rings. The second-order valence-corrected chi connectivity index (χ2v) is 15.2. The van der Waals surface area contributed by atoms with Gasteiger partial charge in [-0.2, -0.15) is 0 Å². The van der Waals surface area contributed by atoms with Gasteiger partial charge in [-0.25, -0.2) is 0 Å². The fourth-order valence-corrected chi connectivity index (χ4v) is 6.04. The van der Waals surface area contributed by atoms with E-state index < -0.39 is 18.1 Å². The first-order valence-corrected chi connectivity index (χ1v) is 21.0. The normalized spacial score (nSPS) is 13.3. The van der Waals surface area contributed by atoms with Gasteiger partial charge in [0.1, 0.15) is 12.6 Å². The lowest BCUT2D eigenvalue weighted by atomic mass is 10.0. The number of esters is 2. The number of hydrogen-bond donors (Lipinski definition) is 0. The lowest BCUT2D eigenvalue weighted by molar-refractivity contribution is -0.889. The third-order valence-corrected chi connectivity index (χ3v) is 9.29. The van der Waals surface area contributed by atoms with Crippen molar-refractivity contribution in [3.8, 4) is 0 Å². The minimum absolute atomic E-state index is 0.0273. The third-order valence-electron chi connectivity index (χ3n) is 9.29. The largest absolute Gasteiger partial charge is 0.544 e. The first kappa shape index (κ1) is 49.6. The highest BCUT2D eigenvalue weighted by molar-refractivity contribution is 5.70. The molecule has 0 aliphatic heterocycles. The number of ether oxygens (including phenoxy) is 3. The number of likely N-dealkylation sites (N-methyl/N-ethyl adjacent to an activating group) is 1. The van der Waals surface area contributed by atoms with Crippen LogP contribution in [0.4, 0.5) is 0 Å². The standard InChI is InChI=1S/C44H79NO7/c1-6-8-10-12-14-16-18-19-20-21-22-23-25-27-29-31-33-35-43(47)52-40(38-50-37-36-41(44(48)49)45(3,4)5)39-51-42(46)34-32-30-28-26-24-17-15-13-11-9-7-2/h9,11,15,17,26,28,40-41H,6-8,10,12-14,16,18-25,27,29-39H2,1-5H3/b11-9+,17-15+,28-26+. The van der Waals surface area contributed by atoms with E-state index in [1.165, 1.54) is 89.9 Å². The Hall–Kier alpha value is -2.45. The van der Waals surface area contributed by atoms with Gasteiger partial charge in [-0.05, 0) is 38.5 Å². The molecule has 2 unspecified atom stereocenters. The summed E-state index contributed by atoms with van der Waals surface area (Å²) in [5, 5.41) is 11.6. The number of unbranched alkanes of at least 4 members (excludes halogenated alkanes) is 17. The summed E-state index contributed by atoms with van der Waals surface area (Å²) in [5.41, 5.74) is 0. The van der Waals surface area contributed by atoms with Crippen LogP contribution in [0, 0.1) is 0 Å². The molecule has 0 amide bonds. The first-order chi connectivity index (χ1) is 25.1. The van der Waals surface area contributed by atoms with E-state index in [4.69, 9.17) is 14.2 Å². The maximum absolute atomic E-state index is 12.7. The molecule has 8 heteroatoms. The minimum atomic E-state index is -1.13. The molecule has 0 rings (SSSR count). The van der Waals surface area contributed by atoms with Crippen LogP contribution in [-0.4, -0.2) is 75.5 Å². The fraction of sp³-hybridized carbons (Fsp3) is 0.795. The average Bonchev–Trinajstić information content (AvgIpc) is 3.09.